The molecule has 4 heteroatoms. The highest BCUT2D eigenvalue weighted by Crippen LogP contribution is 2.27. The van der Waals surface area contributed by atoms with Crippen LogP contribution in [-0.4, -0.2) is 23.1 Å². The average Bonchev–Trinajstić information content (AvgIpc) is 2.73. The Morgan fingerprint density at radius 1 is 0.800 bits per heavy atom. The van der Waals surface area contributed by atoms with Gasteiger partial charge in [-0.05, 0) is 32.6 Å². The molecule has 0 amide bonds. The number of unbranched alkanes of at least 4 members (excludes halogenated alkanes) is 13. The van der Waals surface area contributed by atoms with E-state index in [9.17, 15) is 14.7 Å². The number of hydrogen-bond acceptors (Lipinski definition) is 3. The minimum atomic E-state index is -0.902. The molecule has 174 valence electrons. The van der Waals surface area contributed by atoms with E-state index in [2.05, 4.69) is 6.92 Å². The Labute approximate surface area is 184 Å². The molecule has 0 radical (unpaired) electrons. The first-order valence-electron chi connectivity index (χ1n) is 12.6. The molecular formula is C26H46O4. The number of ether oxygens (including phenoxy) is 1. The van der Waals surface area contributed by atoms with Crippen LogP contribution in [-0.2, 0) is 14.3 Å². The summed E-state index contributed by atoms with van der Waals surface area (Å²) < 4.78 is 5.55. The van der Waals surface area contributed by atoms with Crippen molar-refractivity contribution in [3.63, 3.8) is 0 Å². The largest absolute Gasteiger partial charge is 0.481 e. The van der Waals surface area contributed by atoms with E-state index >= 15 is 0 Å². The Hall–Kier alpha value is -1.32. The molecule has 0 heterocycles. The summed E-state index contributed by atoms with van der Waals surface area (Å²) >= 11 is 0. The second-order valence-corrected chi connectivity index (χ2v) is 9.13. The predicted molar refractivity (Wildman–Crippen MR) is 123 cm³/mol. The summed E-state index contributed by atoms with van der Waals surface area (Å²) in [6.45, 7) is 4.19. The van der Waals surface area contributed by atoms with Gasteiger partial charge in [-0.1, -0.05) is 103 Å². The van der Waals surface area contributed by atoms with Crippen LogP contribution in [0.3, 0.4) is 0 Å². The number of allylic oxidation sites excluding steroid dienone is 2. The molecule has 0 aromatic carbocycles. The summed E-state index contributed by atoms with van der Waals surface area (Å²) in [5.41, 5.74) is 0. The summed E-state index contributed by atoms with van der Waals surface area (Å²) in [6, 6.07) is 0. The van der Waals surface area contributed by atoms with Crippen LogP contribution in [0.25, 0.3) is 0 Å². The topological polar surface area (TPSA) is 63.6 Å². The summed E-state index contributed by atoms with van der Waals surface area (Å²) in [4.78, 5) is 23.7. The second kappa shape index (κ2) is 17.4. The van der Waals surface area contributed by atoms with Gasteiger partial charge in [-0.15, -0.1) is 0 Å². The maximum absolute atomic E-state index is 12.4. The third-order valence-corrected chi connectivity index (χ3v) is 6.33. The molecule has 0 spiro atoms. The van der Waals surface area contributed by atoms with Gasteiger partial charge in [-0.2, -0.15) is 0 Å². The molecule has 3 unspecified atom stereocenters. The molecule has 1 aliphatic carbocycles. The monoisotopic (exact) mass is 422 g/mol. The lowest BCUT2D eigenvalue weighted by Crippen LogP contribution is -2.33. The van der Waals surface area contributed by atoms with Gasteiger partial charge in [-0.25, -0.2) is 0 Å². The van der Waals surface area contributed by atoms with E-state index in [1.54, 1.807) is 0 Å². The Morgan fingerprint density at radius 2 is 1.23 bits per heavy atom. The zero-order chi connectivity index (χ0) is 22.0. The van der Waals surface area contributed by atoms with Gasteiger partial charge < -0.3 is 9.84 Å². The van der Waals surface area contributed by atoms with Crippen LogP contribution in [0.5, 0.6) is 0 Å². The van der Waals surface area contributed by atoms with Crippen LogP contribution >= 0.6 is 0 Å². The van der Waals surface area contributed by atoms with E-state index in [4.69, 9.17) is 4.74 Å². The lowest BCUT2D eigenvalue weighted by molar-refractivity contribution is -0.161. The summed E-state index contributed by atoms with van der Waals surface area (Å²) in [5.74, 6) is -2.42. The van der Waals surface area contributed by atoms with Crippen molar-refractivity contribution in [3.05, 3.63) is 12.2 Å². The molecule has 0 aliphatic heterocycles. The van der Waals surface area contributed by atoms with Crippen molar-refractivity contribution < 1.29 is 19.4 Å². The molecule has 0 saturated carbocycles. The third kappa shape index (κ3) is 12.4. The van der Waals surface area contributed by atoms with E-state index in [-0.39, 0.29) is 12.1 Å². The summed E-state index contributed by atoms with van der Waals surface area (Å²) in [6.07, 6.45) is 24.0. The van der Waals surface area contributed by atoms with E-state index in [1.165, 1.54) is 83.5 Å². The van der Waals surface area contributed by atoms with Crippen molar-refractivity contribution in [1.82, 2.24) is 0 Å². The molecular weight excluding hydrogens is 376 g/mol. The number of carboxylic acids is 1. The first-order valence-corrected chi connectivity index (χ1v) is 12.6. The second-order valence-electron chi connectivity index (χ2n) is 9.13. The Kier molecular flexibility index (Phi) is 15.5. The molecule has 0 bridgehead atoms. The zero-order valence-electron chi connectivity index (χ0n) is 19.6. The molecule has 1 rings (SSSR count). The van der Waals surface area contributed by atoms with Crippen LogP contribution < -0.4 is 0 Å². The summed E-state index contributed by atoms with van der Waals surface area (Å²) in [7, 11) is 0. The van der Waals surface area contributed by atoms with E-state index in [1.807, 2.05) is 19.1 Å². The molecule has 1 aliphatic rings. The molecule has 4 nitrogen and oxygen atoms in total. The van der Waals surface area contributed by atoms with Gasteiger partial charge in [0.2, 0.25) is 0 Å². The third-order valence-electron chi connectivity index (χ3n) is 6.33. The molecule has 0 aromatic rings. The number of carbonyl (C=O) groups excluding carboxylic acids is 1. The maximum Gasteiger partial charge on any atom is 0.310 e. The van der Waals surface area contributed by atoms with Crippen LogP contribution in [0.15, 0.2) is 12.2 Å². The average molecular weight is 423 g/mol. The Morgan fingerprint density at radius 3 is 1.70 bits per heavy atom. The van der Waals surface area contributed by atoms with Gasteiger partial charge >= 0.3 is 11.9 Å². The minimum Gasteiger partial charge on any atom is -0.481 e. The van der Waals surface area contributed by atoms with Crippen LogP contribution in [0.4, 0.5) is 0 Å². The highest BCUT2D eigenvalue weighted by Gasteiger charge is 2.35. The van der Waals surface area contributed by atoms with E-state index in [0.29, 0.717) is 12.8 Å². The molecule has 1 N–H and O–H groups in total. The van der Waals surface area contributed by atoms with Gasteiger partial charge in [0, 0.05) is 0 Å². The molecule has 0 aromatic heterocycles. The van der Waals surface area contributed by atoms with Crippen LogP contribution in [0.2, 0.25) is 0 Å². The van der Waals surface area contributed by atoms with Gasteiger partial charge in [0.25, 0.3) is 0 Å². The Bertz CT molecular complexity index is 485. The minimum absolute atomic E-state index is 0.129. The fraction of sp³-hybridized carbons (Fsp3) is 0.846. The summed E-state index contributed by atoms with van der Waals surface area (Å²) in [5, 5.41) is 9.29. The number of carbonyl (C=O) groups is 2. The molecule has 3 atom stereocenters. The number of rotatable bonds is 18. The lowest BCUT2D eigenvalue weighted by atomic mass is 9.83. The zero-order valence-corrected chi connectivity index (χ0v) is 19.6. The van der Waals surface area contributed by atoms with Gasteiger partial charge in [0.05, 0.1) is 17.9 Å². The Balaban J connectivity index is 1.96. The fourth-order valence-electron chi connectivity index (χ4n) is 4.32. The smallest absolute Gasteiger partial charge is 0.310 e. The normalized spacial score (nSPS) is 19.5. The van der Waals surface area contributed by atoms with Gasteiger partial charge in [-0.3, -0.25) is 9.59 Å². The highest BCUT2D eigenvalue weighted by atomic mass is 16.5. The lowest BCUT2D eigenvalue weighted by Gasteiger charge is -2.25. The maximum atomic E-state index is 12.4. The van der Waals surface area contributed by atoms with E-state index < -0.39 is 17.8 Å². The quantitative estimate of drug-likeness (QED) is 0.141. The number of esters is 1. The van der Waals surface area contributed by atoms with E-state index in [0.717, 1.165) is 12.8 Å². The van der Waals surface area contributed by atoms with Crippen molar-refractivity contribution in [2.75, 3.05) is 0 Å². The first-order chi connectivity index (χ1) is 14.6. The first kappa shape index (κ1) is 26.7. The molecule has 30 heavy (non-hydrogen) atoms. The SMILES string of the molecule is CCCCCCCCCCCCCCCCC(C)OC(=O)C1CC=CCC1C(=O)O. The van der Waals surface area contributed by atoms with Crippen molar-refractivity contribution in [3.8, 4) is 0 Å². The van der Waals surface area contributed by atoms with Crippen molar-refractivity contribution in [2.45, 2.75) is 129 Å². The van der Waals surface area contributed by atoms with Crippen LogP contribution in [0.1, 0.15) is 123 Å². The van der Waals surface area contributed by atoms with Crippen molar-refractivity contribution in [2.24, 2.45) is 11.8 Å². The van der Waals surface area contributed by atoms with Crippen molar-refractivity contribution >= 4 is 11.9 Å². The molecule has 0 saturated heterocycles. The van der Waals surface area contributed by atoms with Crippen molar-refractivity contribution in [1.29, 1.82) is 0 Å². The fourth-order valence-corrected chi connectivity index (χ4v) is 4.32. The molecule has 0 fully saturated rings. The predicted octanol–water partition coefficient (Wildman–Crippen LogP) is 7.46. The highest BCUT2D eigenvalue weighted by molar-refractivity contribution is 5.81. The van der Waals surface area contributed by atoms with Crippen LogP contribution in [0, 0.1) is 11.8 Å². The van der Waals surface area contributed by atoms with Gasteiger partial charge in [0.1, 0.15) is 0 Å². The number of carboxylic acid groups (broad SMARTS) is 1. The number of hydrogen-bond donors (Lipinski definition) is 1. The van der Waals surface area contributed by atoms with Gasteiger partial charge in [0.15, 0.2) is 0 Å². The standard InChI is InChI=1S/C26H46O4/c1-3-4-5-6-7-8-9-10-11-12-13-14-15-16-19-22(2)30-26(29)24-21-18-17-20-23(24)25(27)28/h17-18,22-24H,3-16,19-21H2,1-2H3,(H,27,28). The number of aliphatic carboxylic acids is 1.